The van der Waals surface area contributed by atoms with Gasteiger partial charge in [-0.1, -0.05) is 30.3 Å². The van der Waals surface area contributed by atoms with Crippen molar-refractivity contribution in [2.24, 2.45) is 5.92 Å². The van der Waals surface area contributed by atoms with Gasteiger partial charge in [-0.2, -0.15) is 9.97 Å². The van der Waals surface area contributed by atoms with E-state index < -0.39 is 6.67 Å². The van der Waals surface area contributed by atoms with E-state index in [1.807, 2.05) is 0 Å². The standard InChI is InChI=1S/C34H40FN7O2/c1-24-7-4-8-26-9-5-10-30(32(24)26)40-16-13-28-29(22-40)37-34(44-23-25-12-15-39(3)20-25)38-33(28)41-17-18-42(27(21-41)19-36-2)31(43)11-6-14-35/h4-11,25,27H,12-23H2,1,3H3/b11-6+/t25-,27-/m0/s1. The lowest BCUT2D eigenvalue weighted by atomic mass is 9.99. The van der Waals surface area contributed by atoms with Crippen LogP contribution in [0.5, 0.6) is 6.01 Å². The first-order chi connectivity index (χ1) is 21.4. The van der Waals surface area contributed by atoms with E-state index in [-0.39, 0.29) is 18.5 Å². The molecule has 0 spiro atoms. The molecule has 4 heterocycles. The number of alkyl halides is 1. The number of likely N-dealkylation sites (tertiary alicyclic amines) is 1. The molecule has 2 saturated heterocycles. The molecule has 9 nitrogen and oxygen atoms in total. The highest BCUT2D eigenvalue weighted by Gasteiger charge is 2.35. The Balaban J connectivity index is 1.32. The number of aryl methyl sites for hydroxylation is 1. The van der Waals surface area contributed by atoms with E-state index >= 15 is 0 Å². The van der Waals surface area contributed by atoms with Crippen molar-refractivity contribution in [1.82, 2.24) is 19.8 Å². The van der Waals surface area contributed by atoms with Crippen molar-refractivity contribution >= 4 is 28.2 Å². The average molecular weight is 598 g/mol. The summed E-state index contributed by atoms with van der Waals surface area (Å²) in [5.74, 6) is 1.02. The number of hydrogen-bond acceptors (Lipinski definition) is 7. The van der Waals surface area contributed by atoms with Gasteiger partial charge in [0.15, 0.2) is 0 Å². The van der Waals surface area contributed by atoms with Gasteiger partial charge in [0.05, 0.1) is 18.8 Å². The molecule has 0 N–H and O–H groups in total. The molecule has 1 aromatic heterocycles. The van der Waals surface area contributed by atoms with Crippen LogP contribution in [0.25, 0.3) is 15.6 Å². The number of carbonyl (C=O) groups is 1. The first-order valence-corrected chi connectivity index (χ1v) is 15.5. The van der Waals surface area contributed by atoms with Crippen LogP contribution in [0.4, 0.5) is 15.9 Å². The van der Waals surface area contributed by atoms with Gasteiger partial charge >= 0.3 is 6.01 Å². The second-order valence-electron chi connectivity index (χ2n) is 12.1. The molecule has 0 aliphatic carbocycles. The summed E-state index contributed by atoms with van der Waals surface area (Å²) in [7, 11) is 2.13. The highest BCUT2D eigenvalue weighted by atomic mass is 19.1. The van der Waals surface area contributed by atoms with E-state index in [0.717, 1.165) is 49.6 Å². The molecule has 0 bridgehead atoms. The molecule has 2 fully saturated rings. The van der Waals surface area contributed by atoms with Crippen LogP contribution >= 0.6 is 0 Å². The molecule has 1 amide bonds. The Kier molecular flexibility index (Phi) is 8.94. The number of ether oxygens (including phenoxy) is 1. The number of benzene rings is 2. The highest BCUT2D eigenvalue weighted by Crippen LogP contribution is 2.36. The predicted octanol–water partition coefficient (Wildman–Crippen LogP) is 4.29. The van der Waals surface area contributed by atoms with Gasteiger partial charge in [-0.15, -0.1) is 0 Å². The summed E-state index contributed by atoms with van der Waals surface area (Å²) in [6.07, 6.45) is 4.36. The predicted molar refractivity (Wildman–Crippen MR) is 171 cm³/mol. The van der Waals surface area contributed by atoms with Gasteiger partial charge in [0.2, 0.25) is 12.5 Å². The van der Waals surface area contributed by atoms with Crippen molar-refractivity contribution in [3.63, 3.8) is 0 Å². The molecular weight excluding hydrogens is 557 g/mol. The first kappa shape index (κ1) is 29.8. The largest absolute Gasteiger partial charge is 0.463 e. The molecule has 2 atom stereocenters. The lowest BCUT2D eigenvalue weighted by molar-refractivity contribution is -0.128. The Morgan fingerprint density at radius 3 is 2.73 bits per heavy atom. The van der Waals surface area contributed by atoms with Gasteiger partial charge < -0.3 is 29.2 Å². The zero-order valence-electron chi connectivity index (χ0n) is 25.6. The van der Waals surface area contributed by atoms with Gasteiger partial charge in [0, 0.05) is 61.4 Å². The summed E-state index contributed by atoms with van der Waals surface area (Å²) in [5.41, 5.74) is 4.51. The molecule has 3 aliphatic rings. The van der Waals surface area contributed by atoms with Crippen LogP contribution < -0.4 is 14.5 Å². The van der Waals surface area contributed by atoms with Crippen LogP contribution in [0.2, 0.25) is 0 Å². The topological polar surface area (TPSA) is 69.4 Å². The van der Waals surface area contributed by atoms with Gasteiger partial charge in [-0.25, -0.2) is 11.0 Å². The third-order valence-electron chi connectivity index (χ3n) is 9.11. The zero-order valence-corrected chi connectivity index (χ0v) is 25.6. The molecule has 6 rings (SSSR count). The Bertz CT molecular complexity index is 1580. The van der Waals surface area contributed by atoms with Gasteiger partial charge in [-0.05, 0) is 56.4 Å². The number of aromatic nitrogens is 2. The second kappa shape index (κ2) is 13.2. The minimum Gasteiger partial charge on any atom is -0.463 e. The number of rotatable bonds is 8. The van der Waals surface area contributed by atoms with Crippen molar-refractivity contribution in [2.75, 3.05) is 75.9 Å². The fourth-order valence-corrected chi connectivity index (χ4v) is 6.88. The lowest BCUT2D eigenvalue weighted by Gasteiger charge is -2.41. The van der Waals surface area contributed by atoms with Crippen LogP contribution in [0, 0.1) is 19.4 Å². The fourth-order valence-electron chi connectivity index (χ4n) is 6.88. The summed E-state index contributed by atoms with van der Waals surface area (Å²) in [6.45, 7) is 14.7. The Labute approximate surface area is 258 Å². The monoisotopic (exact) mass is 597 g/mol. The molecule has 44 heavy (non-hydrogen) atoms. The van der Waals surface area contributed by atoms with Crippen molar-refractivity contribution < 1.29 is 13.9 Å². The molecule has 0 unspecified atom stereocenters. The number of hydrogen-bond donors (Lipinski definition) is 0. The van der Waals surface area contributed by atoms with Crippen LogP contribution in [0.3, 0.4) is 0 Å². The van der Waals surface area contributed by atoms with Gasteiger partial charge in [-0.3, -0.25) is 4.79 Å². The Hall–Kier alpha value is -4.23. The maximum absolute atomic E-state index is 12.8. The molecule has 230 valence electrons. The number of anilines is 2. The molecule has 3 aromatic rings. The van der Waals surface area contributed by atoms with Crippen LogP contribution in [-0.2, 0) is 17.8 Å². The quantitative estimate of drug-likeness (QED) is 0.284. The van der Waals surface area contributed by atoms with E-state index in [1.54, 1.807) is 4.90 Å². The number of halogens is 1. The minimum absolute atomic E-state index is 0.172. The number of nitrogens with zero attached hydrogens (tertiary/aromatic N) is 7. The maximum Gasteiger partial charge on any atom is 0.318 e. The fraction of sp³-hybridized carbons (Fsp3) is 0.471. The minimum atomic E-state index is -0.693. The normalized spacial score (nSPS) is 20.7. The summed E-state index contributed by atoms with van der Waals surface area (Å²) in [4.78, 5) is 35.0. The molecule has 10 heteroatoms. The first-order valence-electron chi connectivity index (χ1n) is 15.5. The number of allylic oxidation sites excluding steroid dienone is 1. The molecular formula is C34H40FN7O2. The summed E-state index contributed by atoms with van der Waals surface area (Å²) in [5, 5.41) is 2.49. The number of piperazine rings is 1. The van der Waals surface area contributed by atoms with E-state index in [2.05, 4.69) is 69.9 Å². The third-order valence-corrected chi connectivity index (χ3v) is 9.11. The van der Waals surface area contributed by atoms with Crippen molar-refractivity contribution in [1.29, 1.82) is 0 Å². The number of fused-ring (bicyclic) bond motifs is 2. The second-order valence-corrected chi connectivity index (χ2v) is 12.1. The SMILES string of the molecule is [C-]#[N+]C[C@H]1CN(c2nc(OC[C@H]3CCN(C)C3)nc3c2CCN(c2cccc4cccc(C)c24)C3)CCN1C(=O)/C=C/CF. The number of amides is 1. The Morgan fingerprint density at radius 2 is 1.95 bits per heavy atom. The van der Waals surface area contributed by atoms with Crippen molar-refractivity contribution in [3.05, 3.63) is 76.8 Å². The molecule has 0 saturated carbocycles. The number of carbonyl (C=O) groups excluding carboxylic acids is 1. The van der Waals surface area contributed by atoms with E-state index in [9.17, 15) is 9.18 Å². The van der Waals surface area contributed by atoms with Crippen molar-refractivity contribution in [3.8, 4) is 6.01 Å². The Morgan fingerprint density at radius 1 is 1.11 bits per heavy atom. The van der Waals surface area contributed by atoms with E-state index in [0.29, 0.717) is 44.7 Å². The zero-order chi connectivity index (χ0) is 30.6. The van der Waals surface area contributed by atoms with Gasteiger partial charge in [0.25, 0.3) is 0 Å². The average Bonchev–Trinajstić information content (AvgIpc) is 3.46. The summed E-state index contributed by atoms with van der Waals surface area (Å²) in [6, 6.07) is 13.0. The van der Waals surface area contributed by atoms with Crippen molar-refractivity contribution in [2.45, 2.75) is 32.4 Å². The molecule has 0 radical (unpaired) electrons. The summed E-state index contributed by atoms with van der Waals surface area (Å²) >= 11 is 0. The molecule has 3 aliphatic heterocycles. The van der Waals surface area contributed by atoms with Crippen LogP contribution in [0.15, 0.2) is 48.6 Å². The van der Waals surface area contributed by atoms with E-state index in [4.69, 9.17) is 21.3 Å². The third kappa shape index (κ3) is 6.20. The van der Waals surface area contributed by atoms with E-state index in [1.165, 1.54) is 34.2 Å². The van der Waals surface area contributed by atoms with Gasteiger partial charge in [0.1, 0.15) is 18.5 Å². The summed E-state index contributed by atoms with van der Waals surface area (Å²) < 4.78 is 19.0. The van der Waals surface area contributed by atoms with Crippen LogP contribution in [-0.4, -0.2) is 97.9 Å². The maximum atomic E-state index is 12.8. The molecule has 2 aromatic carbocycles. The van der Waals surface area contributed by atoms with Crippen LogP contribution in [0.1, 0.15) is 23.2 Å². The highest BCUT2D eigenvalue weighted by molar-refractivity contribution is 5.97. The lowest BCUT2D eigenvalue weighted by Crippen LogP contribution is -2.56. The smallest absolute Gasteiger partial charge is 0.318 e.